The highest BCUT2D eigenvalue weighted by molar-refractivity contribution is 6.03. The van der Waals surface area contributed by atoms with E-state index < -0.39 is 41.1 Å². The van der Waals surface area contributed by atoms with Crippen molar-refractivity contribution >= 4 is 23.4 Å². The number of nitrogens with one attached hydrogen (secondary N) is 2. The van der Waals surface area contributed by atoms with Crippen molar-refractivity contribution in [1.82, 2.24) is 10.2 Å². The number of nitrogens with two attached hydrogens (primary N) is 1. The molecular weight excluding hydrogens is 386 g/mol. The quantitative estimate of drug-likeness (QED) is 0.657. The van der Waals surface area contributed by atoms with Crippen LogP contribution in [0.4, 0.5) is 14.5 Å². The van der Waals surface area contributed by atoms with Crippen LogP contribution in [0.3, 0.4) is 0 Å². The fourth-order valence-electron chi connectivity index (χ4n) is 4.06. The SMILES string of the molecule is CN[C@@H](CC1CC1)C(=O)N1C[C@@]2(C[C@@H]1C(N)=O)Oc1cc(F)cc(F)c1NC2=O. The van der Waals surface area contributed by atoms with Gasteiger partial charge in [0.1, 0.15) is 17.5 Å². The minimum absolute atomic E-state index is 0.192. The number of anilines is 1. The predicted molar refractivity (Wildman–Crippen MR) is 97.8 cm³/mol. The molecule has 4 N–H and O–H groups in total. The minimum atomic E-state index is -1.65. The zero-order valence-corrected chi connectivity index (χ0v) is 15.8. The molecule has 3 aliphatic rings. The number of nitrogens with zero attached hydrogens (tertiary/aromatic N) is 1. The van der Waals surface area contributed by atoms with Gasteiger partial charge in [-0.1, -0.05) is 12.8 Å². The van der Waals surface area contributed by atoms with Crippen LogP contribution in [-0.2, 0) is 14.4 Å². The number of amides is 3. The van der Waals surface area contributed by atoms with E-state index in [0.717, 1.165) is 18.9 Å². The Balaban J connectivity index is 1.64. The first-order valence-electron chi connectivity index (χ1n) is 9.50. The summed E-state index contributed by atoms with van der Waals surface area (Å²) in [5.41, 5.74) is 3.57. The molecule has 1 aliphatic carbocycles. The normalized spacial score (nSPS) is 26.7. The largest absolute Gasteiger partial charge is 0.473 e. The Hall–Kier alpha value is -2.75. The number of hydrogen-bond acceptors (Lipinski definition) is 5. The summed E-state index contributed by atoms with van der Waals surface area (Å²) in [6.45, 7) is -0.244. The van der Waals surface area contributed by atoms with Crippen molar-refractivity contribution in [2.75, 3.05) is 18.9 Å². The van der Waals surface area contributed by atoms with Gasteiger partial charge in [0.25, 0.3) is 5.91 Å². The molecule has 29 heavy (non-hydrogen) atoms. The molecule has 1 saturated carbocycles. The number of carbonyl (C=O) groups excluding carboxylic acids is 3. The molecule has 0 aromatic heterocycles. The summed E-state index contributed by atoms with van der Waals surface area (Å²) in [7, 11) is 1.65. The van der Waals surface area contributed by atoms with Gasteiger partial charge in [0, 0.05) is 18.6 Å². The smallest absolute Gasteiger partial charge is 0.270 e. The highest BCUT2D eigenvalue weighted by atomic mass is 19.1. The van der Waals surface area contributed by atoms with E-state index in [-0.39, 0.29) is 30.3 Å². The number of fused-ring (bicyclic) bond motifs is 1. The Bertz CT molecular complexity index is 891. The van der Waals surface area contributed by atoms with E-state index in [2.05, 4.69) is 10.6 Å². The van der Waals surface area contributed by atoms with E-state index in [1.807, 2.05) is 0 Å². The molecule has 1 aromatic carbocycles. The molecule has 10 heteroatoms. The number of likely N-dealkylation sites (N-methyl/N-ethyl adjacent to an activating group) is 1. The monoisotopic (exact) mass is 408 g/mol. The van der Waals surface area contributed by atoms with Gasteiger partial charge in [-0.15, -0.1) is 0 Å². The molecule has 2 heterocycles. The average molecular weight is 408 g/mol. The van der Waals surface area contributed by atoms with E-state index in [0.29, 0.717) is 18.4 Å². The van der Waals surface area contributed by atoms with Gasteiger partial charge in [0.05, 0.1) is 12.6 Å². The van der Waals surface area contributed by atoms with Crippen LogP contribution in [0.25, 0.3) is 0 Å². The average Bonchev–Trinajstić information content (AvgIpc) is 3.40. The fourth-order valence-corrected chi connectivity index (χ4v) is 4.06. The first kappa shape index (κ1) is 19.6. The third kappa shape index (κ3) is 3.41. The lowest BCUT2D eigenvalue weighted by Gasteiger charge is -2.34. The molecule has 8 nitrogen and oxygen atoms in total. The molecule has 1 aromatic rings. The number of benzene rings is 1. The Kier molecular flexibility index (Phi) is 4.68. The Labute approximate surface area is 165 Å². The summed E-state index contributed by atoms with van der Waals surface area (Å²) in [6.07, 6.45) is 2.52. The van der Waals surface area contributed by atoms with Crippen molar-refractivity contribution < 1.29 is 27.9 Å². The Morgan fingerprint density at radius 3 is 2.76 bits per heavy atom. The third-order valence-electron chi connectivity index (χ3n) is 5.83. The molecular formula is C19H22F2N4O4. The summed E-state index contributed by atoms with van der Waals surface area (Å²) in [5.74, 6) is -3.42. The molecule has 3 amide bonds. The van der Waals surface area contributed by atoms with Crippen LogP contribution in [0, 0.1) is 17.6 Å². The molecule has 156 valence electrons. The Morgan fingerprint density at radius 1 is 1.41 bits per heavy atom. The molecule has 0 radical (unpaired) electrons. The van der Waals surface area contributed by atoms with Gasteiger partial charge in [-0.05, 0) is 19.4 Å². The van der Waals surface area contributed by atoms with Crippen molar-refractivity contribution in [3.05, 3.63) is 23.8 Å². The van der Waals surface area contributed by atoms with Crippen LogP contribution in [-0.4, -0.2) is 53.9 Å². The highest BCUT2D eigenvalue weighted by Crippen LogP contribution is 2.42. The molecule has 3 atom stereocenters. The number of carbonyl (C=O) groups is 3. The van der Waals surface area contributed by atoms with E-state index in [1.54, 1.807) is 7.05 Å². The second-order valence-electron chi connectivity index (χ2n) is 7.92. The summed E-state index contributed by atoms with van der Waals surface area (Å²) >= 11 is 0. The lowest BCUT2D eigenvalue weighted by Crippen LogP contribution is -2.55. The molecule has 1 spiro atoms. The first-order chi connectivity index (χ1) is 13.7. The van der Waals surface area contributed by atoms with E-state index in [1.165, 1.54) is 4.90 Å². The van der Waals surface area contributed by atoms with Crippen LogP contribution in [0.1, 0.15) is 25.7 Å². The summed E-state index contributed by atoms with van der Waals surface area (Å²) in [5, 5.41) is 5.34. The van der Waals surface area contributed by atoms with Crippen LogP contribution in [0.15, 0.2) is 12.1 Å². The van der Waals surface area contributed by atoms with Crippen molar-refractivity contribution in [2.24, 2.45) is 11.7 Å². The second-order valence-corrected chi connectivity index (χ2v) is 7.92. The van der Waals surface area contributed by atoms with Gasteiger partial charge >= 0.3 is 0 Å². The highest BCUT2D eigenvalue weighted by Gasteiger charge is 2.57. The predicted octanol–water partition coefficient (Wildman–Crippen LogP) is 0.509. The molecule has 4 rings (SSSR count). The number of halogens is 2. The van der Waals surface area contributed by atoms with E-state index in [9.17, 15) is 23.2 Å². The Morgan fingerprint density at radius 2 is 2.14 bits per heavy atom. The maximum atomic E-state index is 14.0. The fraction of sp³-hybridized carbons (Fsp3) is 0.526. The number of hydrogen-bond donors (Lipinski definition) is 3. The van der Waals surface area contributed by atoms with Crippen LogP contribution in [0.5, 0.6) is 5.75 Å². The number of rotatable bonds is 5. The van der Waals surface area contributed by atoms with Gasteiger partial charge in [-0.3, -0.25) is 14.4 Å². The van der Waals surface area contributed by atoms with E-state index in [4.69, 9.17) is 10.5 Å². The van der Waals surface area contributed by atoms with Gasteiger partial charge in [0.15, 0.2) is 11.6 Å². The molecule has 0 unspecified atom stereocenters. The van der Waals surface area contributed by atoms with Crippen molar-refractivity contribution in [3.63, 3.8) is 0 Å². The third-order valence-corrected chi connectivity index (χ3v) is 5.83. The second kappa shape index (κ2) is 6.94. The van der Waals surface area contributed by atoms with Crippen molar-refractivity contribution in [3.8, 4) is 5.75 Å². The van der Waals surface area contributed by atoms with Gasteiger partial charge < -0.3 is 26.0 Å². The zero-order chi connectivity index (χ0) is 20.9. The summed E-state index contributed by atoms with van der Waals surface area (Å²) in [6, 6.07) is -0.00375. The summed E-state index contributed by atoms with van der Waals surface area (Å²) in [4.78, 5) is 39.2. The first-order valence-corrected chi connectivity index (χ1v) is 9.50. The molecule has 2 aliphatic heterocycles. The maximum Gasteiger partial charge on any atom is 0.270 e. The number of ether oxygens (including phenoxy) is 1. The van der Waals surface area contributed by atoms with Gasteiger partial charge in [-0.2, -0.15) is 0 Å². The van der Waals surface area contributed by atoms with Crippen LogP contribution < -0.4 is 21.1 Å². The summed E-state index contributed by atoms with van der Waals surface area (Å²) < 4.78 is 33.3. The maximum absolute atomic E-state index is 14.0. The van der Waals surface area contributed by atoms with E-state index >= 15 is 0 Å². The van der Waals surface area contributed by atoms with Crippen LogP contribution in [0.2, 0.25) is 0 Å². The van der Waals surface area contributed by atoms with Gasteiger partial charge in [-0.25, -0.2) is 8.78 Å². The molecule has 0 bridgehead atoms. The van der Waals surface area contributed by atoms with Gasteiger partial charge in [0.2, 0.25) is 17.4 Å². The number of primary amides is 1. The lowest BCUT2D eigenvalue weighted by molar-refractivity contribution is -0.140. The molecule has 1 saturated heterocycles. The topological polar surface area (TPSA) is 114 Å². The zero-order valence-electron chi connectivity index (χ0n) is 15.8. The standard InChI is InChI=1S/C19H22F2N4O4/c1-23-12(4-9-2-3-9)17(27)25-8-19(7-13(25)16(22)26)18(28)24-15-11(21)5-10(20)6-14(15)29-19/h5-6,9,12-13,23H,2-4,7-8H2,1H3,(H2,22,26)(H,24,28)/t12-,13+,19+/m0/s1. The van der Waals surface area contributed by atoms with Crippen LogP contribution >= 0.6 is 0 Å². The van der Waals surface area contributed by atoms with Crippen molar-refractivity contribution in [2.45, 2.75) is 43.4 Å². The number of likely N-dealkylation sites (tertiary alicyclic amines) is 1. The lowest BCUT2D eigenvalue weighted by atomic mass is 9.96. The van der Waals surface area contributed by atoms with Crippen molar-refractivity contribution in [1.29, 1.82) is 0 Å². The minimum Gasteiger partial charge on any atom is -0.473 e. The molecule has 2 fully saturated rings.